The van der Waals surface area contributed by atoms with Crippen LogP contribution in [0.5, 0.6) is 0 Å². The molecule has 1 N–H and O–H groups in total. The monoisotopic (exact) mass is 258 g/mol. The van der Waals surface area contributed by atoms with Gasteiger partial charge >= 0.3 is 5.97 Å². The lowest BCUT2D eigenvalue weighted by Crippen LogP contribution is -2.24. The highest BCUT2D eigenvalue weighted by Gasteiger charge is 2.18. The average molecular weight is 258 g/mol. The Morgan fingerprint density at radius 2 is 2.06 bits per heavy atom. The molecule has 1 aromatic rings. The van der Waals surface area contributed by atoms with E-state index in [0.29, 0.717) is 11.5 Å². The van der Waals surface area contributed by atoms with Gasteiger partial charge in [0.05, 0.1) is 0 Å². The third-order valence-corrected chi connectivity index (χ3v) is 4.91. The normalized spacial score (nSPS) is 14.3. The molecule has 3 nitrogen and oxygen atoms in total. The first-order valence-corrected chi connectivity index (χ1v) is 7.26. The molecule has 0 aliphatic heterocycles. The third kappa shape index (κ3) is 4.37. The van der Waals surface area contributed by atoms with Gasteiger partial charge in [-0.15, -0.1) is 11.8 Å². The Morgan fingerprint density at radius 3 is 2.62 bits per heavy atom. The lowest BCUT2D eigenvalue weighted by atomic mass is 10.4. The fourth-order valence-corrected chi connectivity index (χ4v) is 3.20. The summed E-state index contributed by atoms with van der Waals surface area (Å²) in [5.41, 5.74) is 0. The number of benzene rings is 1. The molecule has 1 rings (SSSR count). The summed E-state index contributed by atoms with van der Waals surface area (Å²) in [5.74, 6) is 0.0874. The van der Waals surface area contributed by atoms with E-state index in [2.05, 4.69) is 0 Å². The summed E-state index contributed by atoms with van der Waals surface area (Å²) in [4.78, 5) is 11.7. The second-order valence-corrected chi connectivity index (χ2v) is 6.27. The molecule has 0 saturated heterocycles. The van der Waals surface area contributed by atoms with E-state index in [1.165, 1.54) is 6.92 Å². The maximum absolute atomic E-state index is 11.5. The first-order valence-electron chi connectivity index (χ1n) is 4.89. The van der Waals surface area contributed by atoms with Crippen LogP contribution < -0.4 is 0 Å². The number of hydrogen-bond donors (Lipinski definition) is 1. The van der Waals surface area contributed by atoms with Crippen LogP contribution in [0.2, 0.25) is 0 Å². The Labute approximate surface area is 102 Å². The van der Waals surface area contributed by atoms with Crippen molar-refractivity contribution >= 4 is 28.5 Å². The van der Waals surface area contributed by atoms with Crippen LogP contribution in [0.25, 0.3) is 0 Å². The quantitative estimate of drug-likeness (QED) is 0.793. The second kappa shape index (κ2) is 6.70. The van der Waals surface area contributed by atoms with Gasteiger partial charge in [0.1, 0.15) is 5.25 Å². The highest BCUT2D eigenvalue weighted by molar-refractivity contribution is 8.00. The van der Waals surface area contributed by atoms with Gasteiger partial charge in [-0.25, -0.2) is 0 Å². The molecular formula is C11H14O3S2. The fourth-order valence-electron chi connectivity index (χ4n) is 1.05. The van der Waals surface area contributed by atoms with E-state index in [0.717, 1.165) is 4.90 Å². The van der Waals surface area contributed by atoms with Gasteiger partial charge in [0.2, 0.25) is 0 Å². The molecule has 88 valence electrons. The van der Waals surface area contributed by atoms with Crippen LogP contribution in [-0.2, 0) is 15.6 Å². The number of thioether (sulfide) groups is 1. The van der Waals surface area contributed by atoms with Gasteiger partial charge in [0.15, 0.2) is 0 Å². The molecule has 0 saturated carbocycles. The minimum absolute atomic E-state index is 0.410. The van der Waals surface area contributed by atoms with Gasteiger partial charge in [-0.05, 0) is 19.1 Å². The van der Waals surface area contributed by atoms with Gasteiger partial charge in [0.25, 0.3) is 0 Å². The maximum Gasteiger partial charge on any atom is 0.318 e. The van der Waals surface area contributed by atoms with Crippen molar-refractivity contribution in [3.05, 3.63) is 30.3 Å². The van der Waals surface area contributed by atoms with E-state index < -0.39 is 22.0 Å². The lowest BCUT2D eigenvalue weighted by molar-refractivity contribution is -0.136. The molecular weight excluding hydrogens is 244 g/mol. The third-order valence-electron chi connectivity index (χ3n) is 2.04. The van der Waals surface area contributed by atoms with Crippen molar-refractivity contribution in [2.45, 2.75) is 17.1 Å². The summed E-state index contributed by atoms with van der Waals surface area (Å²) in [6.07, 6.45) is 0. The Hall–Kier alpha value is -0.810. The van der Waals surface area contributed by atoms with Crippen molar-refractivity contribution < 1.29 is 14.1 Å². The molecule has 16 heavy (non-hydrogen) atoms. The molecule has 2 atom stereocenters. The van der Waals surface area contributed by atoms with Crippen LogP contribution in [0.15, 0.2) is 35.2 Å². The summed E-state index contributed by atoms with van der Waals surface area (Å²) in [7, 11) is -1.29. The fraction of sp³-hybridized carbons (Fsp3) is 0.364. The van der Waals surface area contributed by atoms with Crippen molar-refractivity contribution in [3.63, 3.8) is 0 Å². The first kappa shape index (κ1) is 13.3. The molecule has 0 aliphatic rings. The molecule has 2 unspecified atom stereocenters. The summed E-state index contributed by atoms with van der Waals surface area (Å²) < 4.78 is 11.5. The first-order chi connectivity index (χ1) is 7.61. The predicted molar refractivity (Wildman–Crippen MR) is 67.3 cm³/mol. The molecule has 5 heteroatoms. The minimum Gasteiger partial charge on any atom is -0.480 e. The highest BCUT2D eigenvalue weighted by Crippen LogP contribution is 2.17. The Morgan fingerprint density at radius 1 is 1.44 bits per heavy atom. The summed E-state index contributed by atoms with van der Waals surface area (Å²) in [6.45, 7) is 1.48. The van der Waals surface area contributed by atoms with Gasteiger partial charge in [-0.1, -0.05) is 18.2 Å². The minimum atomic E-state index is -1.29. The number of carbonyl (C=O) groups is 1. The van der Waals surface area contributed by atoms with Crippen molar-refractivity contribution in [2.24, 2.45) is 0 Å². The predicted octanol–water partition coefficient (Wildman–Crippen LogP) is 2.00. The van der Waals surface area contributed by atoms with Crippen LogP contribution in [0.3, 0.4) is 0 Å². The smallest absolute Gasteiger partial charge is 0.318 e. The van der Waals surface area contributed by atoms with Gasteiger partial charge in [-0.2, -0.15) is 0 Å². The van der Waals surface area contributed by atoms with Crippen LogP contribution >= 0.6 is 11.8 Å². The van der Waals surface area contributed by atoms with Gasteiger partial charge < -0.3 is 5.11 Å². The van der Waals surface area contributed by atoms with E-state index in [1.807, 2.05) is 30.3 Å². The van der Waals surface area contributed by atoms with Crippen LogP contribution in [0, 0.1) is 0 Å². The highest BCUT2D eigenvalue weighted by atomic mass is 32.2. The molecule has 0 radical (unpaired) electrons. The Kier molecular flexibility index (Phi) is 5.55. The standard InChI is InChI=1S/C11H14O3S2/c1-9(11(12)13)16(14)8-7-15-10-5-3-2-4-6-10/h2-6,9H,7-8H2,1H3,(H,12,13). The zero-order valence-electron chi connectivity index (χ0n) is 8.96. The van der Waals surface area contributed by atoms with E-state index in [1.54, 1.807) is 11.8 Å². The SMILES string of the molecule is CC(C(=O)O)S(=O)CCSc1ccccc1. The number of carboxylic acid groups (broad SMARTS) is 1. The number of carboxylic acids is 1. The van der Waals surface area contributed by atoms with Crippen molar-refractivity contribution in [3.8, 4) is 0 Å². The summed E-state index contributed by atoms with van der Waals surface area (Å²) >= 11 is 1.59. The van der Waals surface area contributed by atoms with E-state index in [4.69, 9.17) is 5.11 Å². The molecule has 1 aromatic carbocycles. The van der Waals surface area contributed by atoms with Crippen molar-refractivity contribution in [1.29, 1.82) is 0 Å². The number of hydrogen-bond acceptors (Lipinski definition) is 3. The maximum atomic E-state index is 11.5. The van der Waals surface area contributed by atoms with Crippen molar-refractivity contribution in [2.75, 3.05) is 11.5 Å². The second-order valence-electron chi connectivity index (χ2n) is 3.23. The lowest BCUT2D eigenvalue weighted by Gasteiger charge is -2.06. The molecule has 0 heterocycles. The van der Waals surface area contributed by atoms with Gasteiger partial charge in [-0.3, -0.25) is 9.00 Å². The van der Waals surface area contributed by atoms with Gasteiger partial charge in [0, 0.05) is 27.2 Å². The van der Waals surface area contributed by atoms with E-state index in [9.17, 15) is 9.00 Å². The molecule has 0 aliphatic carbocycles. The Balaban J connectivity index is 2.31. The molecule has 0 fully saturated rings. The Bertz CT molecular complexity index is 365. The number of rotatable bonds is 6. The van der Waals surface area contributed by atoms with Crippen molar-refractivity contribution in [1.82, 2.24) is 0 Å². The average Bonchev–Trinajstić information content (AvgIpc) is 2.29. The molecule has 0 spiro atoms. The zero-order valence-corrected chi connectivity index (χ0v) is 10.6. The topological polar surface area (TPSA) is 54.4 Å². The summed E-state index contributed by atoms with van der Waals surface area (Å²) in [6, 6.07) is 9.79. The van der Waals surface area contributed by atoms with E-state index in [-0.39, 0.29) is 0 Å². The van der Waals surface area contributed by atoms with E-state index >= 15 is 0 Å². The molecule has 0 amide bonds. The molecule has 0 aromatic heterocycles. The van der Waals surface area contributed by atoms with Crippen LogP contribution in [-0.4, -0.2) is 32.0 Å². The van der Waals surface area contributed by atoms with Crippen LogP contribution in [0.4, 0.5) is 0 Å². The molecule has 0 bridgehead atoms. The zero-order chi connectivity index (χ0) is 12.0. The number of aliphatic carboxylic acids is 1. The summed E-state index contributed by atoms with van der Waals surface area (Å²) in [5, 5.41) is 7.89. The van der Waals surface area contributed by atoms with Crippen LogP contribution in [0.1, 0.15) is 6.92 Å². The largest absolute Gasteiger partial charge is 0.480 e.